The van der Waals surface area contributed by atoms with Gasteiger partial charge in [0.1, 0.15) is 5.54 Å². The summed E-state index contributed by atoms with van der Waals surface area (Å²) in [6, 6.07) is 0. The molecular weight excluding hydrogens is 142 g/mol. The highest BCUT2D eigenvalue weighted by molar-refractivity contribution is 5.82. The number of rotatable bonds is 2. The van der Waals surface area contributed by atoms with Gasteiger partial charge in [-0.1, -0.05) is 6.92 Å². The van der Waals surface area contributed by atoms with Gasteiger partial charge in [-0.05, 0) is 13.8 Å². The smallest absolute Gasteiger partial charge is 0.184 e. The first-order valence-electron chi connectivity index (χ1n) is 3.81. The number of aldehydes is 1. The number of aliphatic imine (C=N–C) groups is 1. The molecule has 1 atom stereocenters. The highest BCUT2D eigenvalue weighted by Gasteiger charge is 2.36. The number of ether oxygens (including phenoxy) is 1. The van der Waals surface area contributed by atoms with Crippen molar-refractivity contribution in [3.63, 3.8) is 0 Å². The first-order valence-corrected chi connectivity index (χ1v) is 3.81. The van der Waals surface area contributed by atoms with Crippen LogP contribution in [0.4, 0.5) is 0 Å². The Morgan fingerprint density at radius 3 is 2.64 bits per heavy atom. The summed E-state index contributed by atoms with van der Waals surface area (Å²) in [5.41, 5.74) is -0.368. The van der Waals surface area contributed by atoms with E-state index in [-0.39, 0.29) is 5.54 Å². The molecule has 3 nitrogen and oxygen atoms in total. The Kier molecular flexibility index (Phi) is 1.98. The molecule has 1 aliphatic rings. The van der Waals surface area contributed by atoms with E-state index in [1.807, 2.05) is 20.8 Å². The highest BCUT2D eigenvalue weighted by atomic mass is 16.5. The van der Waals surface area contributed by atoms with Crippen molar-refractivity contribution in [1.82, 2.24) is 0 Å². The summed E-state index contributed by atoms with van der Waals surface area (Å²) in [7, 11) is 0. The minimum absolute atomic E-state index is 0.368. The van der Waals surface area contributed by atoms with Gasteiger partial charge in [0.05, 0.1) is 0 Å². The summed E-state index contributed by atoms with van der Waals surface area (Å²) >= 11 is 0. The van der Waals surface area contributed by atoms with Crippen LogP contribution < -0.4 is 0 Å². The Balaban J connectivity index is 2.77. The fraction of sp³-hybridized carbons (Fsp3) is 0.750. The quantitative estimate of drug-likeness (QED) is 0.561. The topological polar surface area (TPSA) is 38.7 Å². The average Bonchev–Trinajstić information content (AvgIpc) is 2.24. The van der Waals surface area contributed by atoms with Crippen molar-refractivity contribution in [2.45, 2.75) is 38.8 Å². The zero-order valence-corrected chi connectivity index (χ0v) is 7.13. The molecule has 1 unspecified atom stereocenters. The number of carbonyl (C=O) groups is 1. The number of hydrogen-bond donors (Lipinski definition) is 0. The van der Waals surface area contributed by atoms with Gasteiger partial charge in [-0.3, -0.25) is 4.79 Å². The summed E-state index contributed by atoms with van der Waals surface area (Å²) in [6.07, 6.45) is 1.18. The lowest BCUT2D eigenvalue weighted by molar-refractivity contribution is -0.115. The third kappa shape index (κ3) is 1.42. The predicted molar refractivity (Wildman–Crippen MR) is 42.7 cm³/mol. The molecule has 11 heavy (non-hydrogen) atoms. The molecule has 0 aromatic carbocycles. The summed E-state index contributed by atoms with van der Waals surface area (Å²) < 4.78 is 5.26. The molecule has 0 aromatic heterocycles. The van der Waals surface area contributed by atoms with Crippen LogP contribution in [0.25, 0.3) is 0 Å². The van der Waals surface area contributed by atoms with Crippen LogP contribution in [0.15, 0.2) is 4.99 Å². The monoisotopic (exact) mass is 155 g/mol. The first-order chi connectivity index (χ1) is 5.10. The van der Waals surface area contributed by atoms with Crippen molar-refractivity contribution in [3.05, 3.63) is 0 Å². The molecule has 62 valence electrons. The van der Waals surface area contributed by atoms with Gasteiger partial charge in [0, 0.05) is 6.42 Å². The van der Waals surface area contributed by atoms with Crippen molar-refractivity contribution < 1.29 is 9.53 Å². The van der Waals surface area contributed by atoms with Gasteiger partial charge in [-0.15, -0.1) is 0 Å². The van der Waals surface area contributed by atoms with Crippen molar-refractivity contribution >= 4 is 12.2 Å². The van der Waals surface area contributed by atoms with Crippen molar-refractivity contribution in [1.29, 1.82) is 0 Å². The zero-order chi connectivity index (χ0) is 8.48. The van der Waals surface area contributed by atoms with Crippen LogP contribution in [0, 0.1) is 0 Å². The molecular formula is C8H13NO2. The lowest BCUT2D eigenvalue weighted by atomic mass is 10.0. The van der Waals surface area contributed by atoms with E-state index in [9.17, 15) is 4.79 Å². The fourth-order valence-electron chi connectivity index (χ4n) is 1.06. The van der Waals surface area contributed by atoms with E-state index in [4.69, 9.17) is 4.74 Å². The van der Waals surface area contributed by atoms with E-state index in [0.29, 0.717) is 5.90 Å². The van der Waals surface area contributed by atoms with E-state index in [2.05, 4.69) is 4.99 Å². The first kappa shape index (κ1) is 8.24. The highest BCUT2D eigenvalue weighted by Crippen LogP contribution is 2.24. The Bertz CT molecular complexity index is 196. The van der Waals surface area contributed by atoms with Crippen LogP contribution in [-0.2, 0) is 9.53 Å². The molecule has 0 saturated carbocycles. The fourth-order valence-corrected chi connectivity index (χ4v) is 1.06. The molecule has 1 heterocycles. The third-order valence-electron chi connectivity index (χ3n) is 1.80. The van der Waals surface area contributed by atoms with Gasteiger partial charge in [0.25, 0.3) is 0 Å². The zero-order valence-electron chi connectivity index (χ0n) is 7.13. The molecule has 0 amide bonds. The summed E-state index contributed by atoms with van der Waals surface area (Å²) in [4.78, 5) is 14.7. The number of carbonyl (C=O) groups excluding carboxylic acids is 1. The Labute approximate surface area is 66.5 Å². The Morgan fingerprint density at radius 2 is 2.36 bits per heavy atom. The maximum atomic E-state index is 10.5. The molecule has 1 rings (SSSR count). The second-order valence-corrected chi connectivity index (χ2v) is 3.19. The van der Waals surface area contributed by atoms with E-state index < -0.39 is 6.10 Å². The minimum atomic E-state index is -0.391. The van der Waals surface area contributed by atoms with E-state index in [1.165, 1.54) is 0 Å². The van der Waals surface area contributed by atoms with Crippen LogP contribution in [0.3, 0.4) is 0 Å². The number of hydrogen-bond acceptors (Lipinski definition) is 3. The second kappa shape index (κ2) is 2.64. The summed E-state index contributed by atoms with van der Waals surface area (Å²) in [5.74, 6) is 0.687. The van der Waals surface area contributed by atoms with Crippen LogP contribution in [0.1, 0.15) is 27.2 Å². The Morgan fingerprint density at radius 1 is 1.73 bits per heavy atom. The minimum Gasteiger partial charge on any atom is -0.468 e. The SMILES string of the molecule is CCC1=NC(C)(C)C(C=O)O1. The van der Waals surface area contributed by atoms with Gasteiger partial charge >= 0.3 is 0 Å². The maximum absolute atomic E-state index is 10.5. The molecule has 0 radical (unpaired) electrons. The lowest BCUT2D eigenvalue weighted by Crippen LogP contribution is -2.32. The van der Waals surface area contributed by atoms with Crippen LogP contribution in [0.5, 0.6) is 0 Å². The summed E-state index contributed by atoms with van der Waals surface area (Å²) in [6.45, 7) is 5.76. The largest absolute Gasteiger partial charge is 0.468 e. The van der Waals surface area contributed by atoms with Crippen molar-refractivity contribution in [2.24, 2.45) is 4.99 Å². The van der Waals surface area contributed by atoms with E-state index >= 15 is 0 Å². The molecule has 0 aliphatic carbocycles. The van der Waals surface area contributed by atoms with Crippen molar-refractivity contribution in [3.8, 4) is 0 Å². The van der Waals surface area contributed by atoms with Gasteiger partial charge in [0.15, 0.2) is 18.3 Å². The van der Waals surface area contributed by atoms with Crippen LogP contribution in [0.2, 0.25) is 0 Å². The normalized spacial score (nSPS) is 27.5. The maximum Gasteiger partial charge on any atom is 0.184 e. The van der Waals surface area contributed by atoms with Crippen LogP contribution >= 0.6 is 0 Å². The summed E-state index contributed by atoms with van der Waals surface area (Å²) in [5, 5.41) is 0. The Hall–Kier alpha value is -0.860. The molecule has 0 spiro atoms. The molecule has 0 saturated heterocycles. The van der Waals surface area contributed by atoms with Gasteiger partial charge in [0.2, 0.25) is 0 Å². The molecule has 3 heteroatoms. The molecule has 1 aliphatic heterocycles. The van der Waals surface area contributed by atoms with Crippen molar-refractivity contribution in [2.75, 3.05) is 0 Å². The van der Waals surface area contributed by atoms with Gasteiger partial charge in [-0.2, -0.15) is 0 Å². The molecule has 0 N–H and O–H groups in total. The van der Waals surface area contributed by atoms with Gasteiger partial charge < -0.3 is 4.74 Å². The molecule has 0 bridgehead atoms. The predicted octanol–water partition coefficient (Wildman–Crippen LogP) is 1.17. The standard InChI is InChI=1S/C8H13NO2/c1-4-7-9-8(2,3)6(5-10)11-7/h5-6H,4H2,1-3H3. The van der Waals surface area contributed by atoms with E-state index in [1.54, 1.807) is 0 Å². The molecule has 0 fully saturated rings. The van der Waals surface area contributed by atoms with E-state index in [0.717, 1.165) is 12.7 Å². The third-order valence-corrected chi connectivity index (χ3v) is 1.80. The van der Waals surface area contributed by atoms with Crippen LogP contribution in [-0.4, -0.2) is 23.8 Å². The second-order valence-electron chi connectivity index (χ2n) is 3.19. The number of nitrogens with zero attached hydrogens (tertiary/aromatic N) is 1. The lowest BCUT2D eigenvalue weighted by Gasteiger charge is -2.16. The average molecular weight is 155 g/mol. The van der Waals surface area contributed by atoms with Gasteiger partial charge in [-0.25, -0.2) is 4.99 Å². The molecule has 0 aromatic rings.